The zero-order chi connectivity index (χ0) is 24.9. The number of hydrogen-bond acceptors (Lipinski definition) is 7. The molecule has 1 rings (SSSR count). The van der Waals surface area contributed by atoms with Gasteiger partial charge in [-0.05, 0) is 59.1 Å². The molecule has 0 heterocycles. The molecule has 0 saturated carbocycles. The van der Waals surface area contributed by atoms with Crippen LogP contribution in [0.25, 0.3) is 0 Å². The Balaban J connectivity index is 2.91. The van der Waals surface area contributed by atoms with E-state index in [1.807, 2.05) is 13.0 Å². The van der Waals surface area contributed by atoms with Crippen LogP contribution < -0.4 is 0 Å². The number of hydrogen-bond donors (Lipinski definition) is 0. The van der Waals surface area contributed by atoms with Crippen molar-refractivity contribution in [1.82, 2.24) is 4.90 Å². The number of benzene rings is 1. The highest BCUT2D eigenvalue weighted by molar-refractivity contribution is 7.86. The molecule has 0 radical (unpaired) electrons. The Morgan fingerprint density at radius 2 is 1.91 bits per heavy atom. The molecule has 0 N–H and O–H groups in total. The molecule has 0 fully saturated rings. The maximum atomic E-state index is 12.8. The van der Waals surface area contributed by atoms with Gasteiger partial charge in [-0.25, -0.2) is 4.79 Å². The van der Waals surface area contributed by atoms with Crippen LogP contribution in [0, 0.1) is 18.3 Å². The van der Waals surface area contributed by atoms with Gasteiger partial charge in [0.25, 0.3) is 10.1 Å². The molecule has 1 amide bonds. The molecular formula is C24H36N2O6S. The number of nitriles is 1. The van der Waals surface area contributed by atoms with Gasteiger partial charge in [-0.2, -0.15) is 13.7 Å². The van der Waals surface area contributed by atoms with Crippen LogP contribution in [-0.2, 0) is 23.8 Å². The van der Waals surface area contributed by atoms with E-state index >= 15 is 0 Å². The summed E-state index contributed by atoms with van der Waals surface area (Å²) in [4.78, 5) is 14.2. The van der Waals surface area contributed by atoms with Crippen LogP contribution in [0.5, 0.6) is 0 Å². The van der Waals surface area contributed by atoms with E-state index in [-0.39, 0.29) is 24.5 Å². The van der Waals surface area contributed by atoms with Crippen LogP contribution in [0.1, 0.15) is 52.0 Å². The van der Waals surface area contributed by atoms with Crippen molar-refractivity contribution in [2.24, 2.45) is 0 Å². The normalized spacial score (nSPS) is 12.6. The average molecular weight is 481 g/mol. The fourth-order valence-electron chi connectivity index (χ4n) is 2.73. The van der Waals surface area contributed by atoms with Gasteiger partial charge in [0.1, 0.15) is 11.7 Å². The predicted molar refractivity (Wildman–Crippen MR) is 126 cm³/mol. The van der Waals surface area contributed by atoms with Crippen LogP contribution in [-0.4, -0.2) is 57.4 Å². The number of rotatable bonds is 14. The first-order valence-electron chi connectivity index (χ1n) is 11.0. The predicted octanol–water partition coefficient (Wildman–Crippen LogP) is 4.59. The van der Waals surface area contributed by atoms with Crippen LogP contribution in [0.2, 0.25) is 0 Å². The van der Waals surface area contributed by atoms with Crippen molar-refractivity contribution in [1.29, 1.82) is 5.26 Å². The third kappa shape index (κ3) is 11.9. The van der Waals surface area contributed by atoms with Crippen molar-refractivity contribution in [2.75, 3.05) is 26.3 Å². The molecule has 184 valence electrons. The molecule has 0 aromatic heterocycles. The molecule has 0 spiro atoms. The second-order valence-electron chi connectivity index (χ2n) is 8.66. The first-order chi connectivity index (χ1) is 15.5. The van der Waals surface area contributed by atoms with Crippen molar-refractivity contribution < 1.29 is 26.9 Å². The molecule has 0 saturated heterocycles. The monoisotopic (exact) mass is 480 g/mol. The summed E-state index contributed by atoms with van der Waals surface area (Å²) in [6.45, 7) is 11.8. The minimum absolute atomic E-state index is 0.0140. The molecule has 1 atom stereocenters. The van der Waals surface area contributed by atoms with Gasteiger partial charge in [-0.15, -0.1) is 6.58 Å². The maximum absolute atomic E-state index is 12.8. The smallest absolute Gasteiger partial charge is 0.410 e. The first kappa shape index (κ1) is 28.6. The summed E-state index contributed by atoms with van der Waals surface area (Å²) < 4.78 is 42.1. The van der Waals surface area contributed by atoms with Crippen LogP contribution in [0.4, 0.5) is 4.79 Å². The molecule has 33 heavy (non-hydrogen) atoms. The van der Waals surface area contributed by atoms with Crippen molar-refractivity contribution in [3.8, 4) is 6.07 Å². The zero-order valence-electron chi connectivity index (χ0n) is 20.1. The highest BCUT2D eigenvalue weighted by Gasteiger charge is 2.26. The minimum atomic E-state index is -4.02. The van der Waals surface area contributed by atoms with Crippen LogP contribution in [0.3, 0.4) is 0 Å². The van der Waals surface area contributed by atoms with Gasteiger partial charge < -0.3 is 14.4 Å². The van der Waals surface area contributed by atoms with Gasteiger partial charge >= 0.3 is 6.09 Å². The lowest BCUT2D eigenvalue weighted by Crippen LogP contribution is -2.39. The third-order valence-corrected chi connectivity index (χ3v) is 5.80. The molecule has 1 aromatic carbocycles. The highest BCUT2D eigenvalue weighted by atomic mass is 32.2. The second kappa shape index (κ2) is 14.0. The molecule has 1 aromatic rings. The number of nitrogens with zero attached hydrogens (tertiary/aromatic N) is 2. The highest BCUT2D eigenvalue weighted by Crippen LogP contribution is 2.18. The molecular weight excluding hydrogens is 444 g/mol. The topological polar surface area (TPSA) is 106 Å². The SMILES string of the molecule is C=CCCN(CCC(COCCCC#N)OS(=O)(=O)c1ccc(C)cc1)C(=O)OC(C)(C)C. The van der Waals surface area contributed by atoms with E-state index in [0.717, 1.165) is 5.56 Å². The lowest BCUT2D eigenvalue weighted by Gasteiger charge is -2.28. The summed E-state index contributed by atoms with van der Waals surface area (Å²) in [5.41, 5.74) is 0.277. The Morgan fingerprint density at radius 3 is 2.48 bits per heavy atom. The van der Waals surface area contributed by atoms with E-state index < -0.39 is 27.9 Å². The van der Waals surface area contributed by atoms with E-state index in [9.17, 15) is 13.2 Å². The molecule has 1 unspecified atom stereocenters. The first-order valence-corrected chi connectivity index (χ1v) is 12.4. The summed E-state index contributed by atoms with van der Waals surface area (Å²) in [7, 11) is -4.02. The van der Waals surface area contributed by atoms with E-state index in [2.05, 4.69) is 6.58 Å². The molecule has 0 bridgehead atoms. The molecule has 8 nitrogen and oxygen atoms in total. The molecule has 0 aliphatic heterocycles. The minimum Gasteiger partial charge on any atom is -0.444 e. The number of carbonyl (C=O) groups excluding carboxylic acids is 1. The van der Waals surface area contributed by atoms with Gasteiger partial charge in [0, 0.05) is 26.1 Å². The summed E-state index contributed by atoms with van der Waals surface area (Å²) >= 11 is 0. The van der Waals surface area contributed by atoms with Crippen molar-refractivity contribution in [3.63, 3.8) is 0 Å². The van der Waals surface area contributed by atoms with E-state index in [4.69, 9.17) is 18.9 Å². The fraction of sp³-hybridized carbons (Fsp3) is 0.583. The van der Waals surface area contributed by atoms with Crippen molar-refractivity contribution in [3.05, 3.63) is 42.5 Å². The van der Waals surface area contributed by atoms with Gasteiger partial charge in [0.05, 0.1) is 17.6 Å². The summed E-state index contributed by atoms with van der Waals surface area (Å²) in [5, 5.41) is 8.66. The molecule has 9 heteroatoms. The Labute approximate surface area is 198 Å². The Morgan fingerprint density at radius 1 is 1.24 bits per heavy atom. The summed E-state index contributed by atoms with van der Waals surface area (Å²) in [5.74, 6) is 0. The Bertz CT molecular complexity index is 885. The van der Waals surface area contributed by atoms with Crippen molar-refractivity contribution >= 4 is 16.2 Å². The molecule has 0 aliphatic rings. The van der Waals surface area contributed by atoms with Gasteiger partial charge in [-0.3, -0.25) is 4.18 Å². The lowest BCUT2D eigenvalue weighted by molar-refractivity contribution is 0.0171. The Kier molecular flexibility index (Phi) is 12.1. The second-order valence-corrected chi connectivity index (χ2v) is 10.2. The summed E-state index contributed by atoms with van der Waals surface area (Å²) in [6.07, 6.45) is 2.08. The lowest BCUT2D eigenvalue weighted by atomic mass is 10.2. The Hall–Kier alpha value is -2.41. The van der Waals surface area contributed by atoms with E-state index in [1.165, 1.54) is 17.0 Å². The van der Waals surface area contributed by atoms with Gasteiger partial charge in [0.15, 0.2) is 0 Å². The number of aryl methyl sites for hydroxylation is 1. The summed E-state index contributed by atoms with van der Waals surface area (Å²) in [6, 6.07) is 8.42. The standard InChI is InChI=1S/C24H36N2O6S/c1-6-7-16-26(23(27)31-24(3,4)5)17-14-21(19-30-18-9-8-15-25)32-33(28,29)22-12-10-20(2)11-13-22/h6,10-13,21H,1,7-9,14,16-19H2,2-5H3. The molecule has 0 aliphatic carbocycles. The number of amides is 1. The third-order valence-electron chi connectivity index (χ3n) is 4.43. The van der Waals surface area contributed by atoms with Crippen LogP contribution in [0.15, 0.2) is 41.8 Å². The number of ether oxygens (including phenoxy) is 2. The number of carbonyl (C=O) groups is 1. The van der Waals surface area contributed by atoms with Gasteiger partial charge in [0.2, 0.25) is 0 Å². The largest absolute Gasteiger partial charge is 0.444 e. The van der Waals surface area contributed by atoms with E-state index in [1.54, 1.807) is 39.0 Å². The number of unbranched alkanes of at least 4 members (excludes halogenated alkanes) is 1. The zero-order valence-corrected chi connectivity index (χ0v) is 20.9. The van der Waals surface area contributed by atoms with E-state index in [0.29, 0.717) is 32.4 Å². The quantitative estimate of drug-likeness (QED) is 0.218. The van der Waals surface area contributed by atoms with Crippen molar-refractivity contribution in [2.45, 2.75) is 70.0 Å². The maximum Gasteiger partial charge on any atom is 0.410 e. The fourth-order valence-corrected chi connectivity index (χ4v) is 3.83. The van der Waals surface area contributed by atoms with Crippen LogP contribution >= 0.6 is 0 Å². The average Bonchev–Trinajstić information content (AvgIpc) is 2.72. The van der Waals surface area contributed by atoms with Gasteiger partial charge in [-0.1, -0.05) is 23.8 Å².